The van der Waals surface area contributed by atoms with Crippen LogP contribution in [0, 0.1) is 6.92 Å². The Kier molecular flexibility index (Phi) is 8.57. The number of ether oxygens (including phenoxy) is 1. The van der Waals surface area contributed by atoms with E-state index >= 15 is 0 Å². The maximum Gasteiger partial charge on any atom is 0.194 e. The minimum Gasteiger partial charge on any atom is -0.382 e. The maximum atomic E-state index is 5.41. The summed E-state index contributed by atoms with van der Waals surface area (Å²) in [5, 5.41) is 13.9. The topological polar surface area (TPSA) is 67.6 Å². The van der Waals surface area contributed by atoms with E-state index in [1.165, 1.54) is 4.88 Å². The number of likely N-dealkylation sites (N-methyl/N-ethyl adjacent to an activating group) is 1. The van der Waals surface area contributed by atoms with Gasteiger partial charge in [0, 0.05) is 45.3 Å². The van der Waals surface area contributed by atoms with Crippen molar-refractivity contribution in [2.45, 2.75) is 33.2 Å². The van der Waals surface area contributed by atoms with Crippen LogP contribution in [-0.4, -0.2) is 59.0 Å². The van der Waals surface area contributed by atoms with E-state index in [-0.39, 0.29) is 0 Å². The molecule has 0 unspecified atom stereocenters. The summed E-state index contributed by atoms with van der Waals surface area (Å²) < 4.78 is 7.38. The molecule has 0 radical (unpaired) electrons. The molecule has 2 aromatic rings. The van der Waals surface area contributed by atoms with Crippen LogP contribution in [0.25, 0.3) is 0 Å². The molecule has 0 fully saturated rings. The van der Waals surface area contributed by atoms with Crippen LogP contribution >= 0.6 is 11.3 Å². The first-order valence-electron chi connectivity index (χ1n) is 9.06. The molecule has 0 spiro atoms. The van der Waals surface area contributed by atoms with Gasteiger partial charge >= 0.3 is 0 Å². The van der Waals surface area contributed by atoms with E-state index in [9.17, 15) is 0 Å². The average molecular weight is 379 g/mol. The van der Waals surface area contributed by atoms with E-state index < -0.39 is 0 Å². The zero-order chi connectivity index (χ0) is 18.8. The van der Waals surface area contributed by atoms with E-state index in [1.807, 2.05) is 25.5 Å². The molecule has 0 bridgehead atoms. The molecule has 0 atom stereocenters. The van der Waals surface area contributed by atoms with E-state index in [1.54, 1.807) is 11.3 Å². The van der Waals surface area contributed by atoms with Crippen molar-refractivity contribution in [2.24, 2.45) is 12.0 Å². The summed E-state index contributed by atoms with van der Waals surface area (Å²) in [4.78, 5) is 8.31. The summed E-state index contributed by atoms with van der Waals surface area (Å²) >= 11 is 1.79. The molecular formula is C18H30N6OS. The Morgan fingerprint density at radius 2 is 2.27 bits per heavy atom. The molecule has 0 saturated carbocycles. The first-order chi connectivity index (χ1) is 12.6. The van der Waals surface area contributed by atoms with E-state index in [0.717, 1.165) is 56.8 Å². The molecule has 1 N–H and O–H groups in total. The summed E-state index contributed by atoms with van der Waals surface area (Å²) in [6.45, 7) is 7.73. The van der Waals surface area contributed by atoms with Gasteiger partial charge in [-0.2, -0.15) is 0 Å². The summed E-state index contributed by atoms with van der Waals surface area (Å²) in [5.41, 5.74) is 0. The normalized spacial score (nSPS) is 11.8. The van der Waals surface area contributed by atoms with Crippen LogP contribution in [0.3, 0.4) is 0 Å². The van der Waals surface area contributed by atoms with Crippen LogP contribution in [0.5, 0.6) is 0 Å². The predicted octanol–water partition coefficient (Wildman–Crippen LogP) is 2.23. The number of hydrogen-bond acceptors (Lipinski definition) is 5. The highest BCUT2D eigenvalue weighted by Gasteiger charge is 2.09. The fraction of sp³-hybridized carbons (Fsp3) is 0.611. The number of aryl methyl sites for hydroxylation is 1. The van der Waals surface area contributed by atoms with E-state index in [2.05, 4.69) is 45.0 Å². The number of hydrogen-bond donors (Lipinski definition) is 1. The highest BCUT2D eigenvalue weighted by atomic mass is 32.1. The number of guanidine groups is 1. The molecule has 0 saturated heterocycles. The van der Waals surface area contributed by atoms with Crippen molar-refractivity contribution >= 4 is 17.3 Å². The summed E-state index contributed by atoms with van der Waals surface area (Å²) in [7, 11) is 4.04. The number of thiophene rings is 1. The molecule has 0 aliphatic carbocycles. The van der Waals surface area contributed by atoms with Gasteiger partial charge in [-0.1, -0.05) is 6.07 Å². The Balaban J connectivity index is 1.94. The number of nitrogens with zero attached hydrogens (tertiary/aromatic N) is 5. The SMILES string of the molecule is CCOCCCNC(=NCc1nnc(C)n1C)N(C)CCc1cccs1. The van der Waals surface area contributed by atoms with E-state index in [4.69, 9.17) is 9.73 Å². The molecule has 0 aromatic carbocycles. The zero-order valence-corrected chi connectivity index (χ0v) is 17.1. The van der Waals surface area contributed by atoms with E-state index in [0.29, 0.717) is 6.54 Å². The smallest absolute Gasteiger partial charge is 0.194 e. The average Bonchev–Trinajstić information content (AvgIpc) is 3.27. The highest BCUT2D eigenvalue weighted by Crippen LogP contribution is 2.09. The predicted molar refractivity (Wildman–Crippen MR) is 107 cm³/mol. The second-order valence-corrected chi connectivity index (χ2v) is 7.12. The molecule has 2 heterocycles. The minimum absolute atomic E-state index is 0.508. The van der Waals surface area contributed by atoms with Crippen molar-refractivity contribution in [1.29, 1.82) is 0 Å². The number of aromatic nitrogens is 3. The lowest BCUT2D eigenvalue weighted by Crippen LogP contribution is -2.40. The van der Waals surface area contributed by atoms with Crippen LogP contribution in [0.15, 0.2) is 22.5 Å². The van der Waals surface area contributed by atoms with Gasteiger partial charge in [0.1, 0.15) is 12.4 Å². The van der Waals surface area contributed by atoms with Crippen molar-refractivity contribution in [2.75, 3.05) is 33.4 Å². The minimum atomic E-state index is 0.508. The second kappa shape index (κ2) is 10.9. The van der Waals surface area contributed by atoms with Crippen molar-refractivity contribution in [3.63, 3.8) is 0 Å². The summed E-state index contributed by atoms with van der Waals surface area (Å²) in [5.74, 6) is 2.65. The second-order valence-electron chi connectivity index (χ2n) is 6.09. The van der Waals surface area contributed by atoms with Gasteiger partial charge in [0.25, 0.3) is 0 Å². The summed E-state index contributed by atoms with van der Waals surface area (Å²) in [6, 6.07) is 4.27. The van der Waals surface area contributed by atoms with Gasteiger partial charge in [0.15, 0.2) is 11.8 Å². The van der Waals surface area contributed by atoms with Gasteiger partial charge in [-0.15, -0.1) is 21.5 Å². The fourth-order valence-corrected chi connectivity index (χ4v) is 3.10. The van der Waals surface area contributed by atoms with Gasteiger partial charge in [-0.05, 0) is 38.1 Å². The maximum absolute atomic E-state index is 5.41. The van der Waals surface area contributed by atoms with Crippen molar-refractivity contribution in [3.05, 3.63) is 34.0 Å². The first-order valence-corrected chi connectivity index (χ1v) is 9.94. The van der Waals surface area contributed by atoms with Crippen LogP contribution in [0.1, 0.15) is 29.9 Å². The Morgan fingerprint density at radius 3 is 2.92 bits per heavy atom. The lowest BCUT2D eigenvalue weighted by Gasteiger charge is -2.22. The third kappa shape index (κ3) is 6.42. The molecule has 0 aliphatic rings. The van der Waals surface area contributed by atoms with Gasteiger partial charge in [-0.3, -0.25) is 0 Å². The molecule has 8 heteroatoms. The lowest BCUT2D eigenvalue weighted by atomic mass is 10.3. The fourth-order valence-electron chi connectivity index (χ4n) is 2.40. The molecule has 26 heavy (non-hydrogen) atoms. The Morgan fingerprint density at radius 1 is 1.42 bits per heavy atom. The largest absolute Gasteiger partial charge is 0.382 e. The zero-order valence-electron chi connectivity index (χ0n) is 16.2. The molecular weight excluding hydrogens is 348 g/mol. The van der Waals surface area contributed by atoms with Gasteiger partial charge < -0.3 is 19.5 Å². The summed E-state index contributed by atoms with van der Waals surface area (Å²) in [6.07, 6.45) is 1.96. The van der Waals surface area contributed by atoms with Crippen LogP contribution in [-0.2, 0) is 24.8 Å². The Bertz CT molecular complexity index is 667. The van der Waals surface area contributed by atoms with Crippen molar-refractivity contribution in [1.82, 2.24) is 25.0 Å². The van der Waals surface area contributed by atoms with Crippen LogP contribution in [0.4, 0.5) is 0 Å². The molecule has 0 aliphatic heterocycles. The number of rotatable bonds is 10. The molecule has 2 aromatic heterocycles. The standard InChI is InChI=1S/C18H30N6OS/c1-5-25-12-7-10-19-18(20-14-17-22-21-15(2)24(17)4)23(3)11-9-16-8-6-13-26-16/h6,8,13H,5,7,9-12,14H2,1-4H3,(H,19,20). The van der Waals surface area contributed by atoms with Crippen LogP contribution in [0.2, 0.25) is 0 Å². The van der Waals surface area contributed by atoms with Gasteiger partial charge in [-0.25, -0.2) is 4.99 Å². The number of nitrogens with one attached hydrogen (secondary N) is 1. The number of aliphatic imine (C=N–C) groups is 1. The molecule has 0 amide bonds. The highest BCUT2D eigenvalue weighted by molar-refractivity contribution is 7.09. The first kappa shape index (κ1) is 20.4. The van der Waals surface area contributed by atoms with Crippen molar-refractivity contribution < 1.29 is 4.74 Å². The Hall–Kier alpha value is -1.93. The van der Waals surface area contributed by atoms with Crippen molar-refractivity contribution in [3.8, 4) is 0 Å². The van der Waals surface area contributed by atoms with Crippen LogP contribution < -0.4 is 5.32 Å². The van der Waals surface area contributed by atoms with Gasteiger partial charge in [0.05, 0.1) is 0 Å². The third-order valence-electron chi connectivity index (χ3n) is 4.14. The quantitative estimate of drug-likeness (QED) is 0.390. The molecule has 2 rings (SSSR count). The monoisotopic (exact) mass is 378 g/mol. The molecule has 144 valence electrons. The Labute approximate surface area is 160 Å². The van der Waals surface area contributed by atoms with Gasteiger partial charge in [0.2, 0.25) is 0 Å². The molecule has 7 nitrogen and oxygen atoms in total. The lowest BCUT2D eigenvalue weighted by molar-refractivity contribution is 0.145. The third-order valence-corrected chi connectivity index (χ3v) is 5.08.